The Hall–Kier alpha value is -1.34. The van der Waals surface area contributed by atoms with Crippen molar-refractivity contribution < 1.29 is 4.79 Å². The average molecular weight is 166 g/mol. The first-order valence-electron chi connectivity index (χ1n) is 2.99. The van der Waals surface area contributed by atoms with Crippen molar-refractivity contribution in [1.29, 1.82) is 5.26 Å². The van der Waals surface area contributed by atoms with Crippen LogP contribution in [0, 0.1) is 11.3 Å². The van der Waals surface area contributed by atoms with Gasteiger partial charge < -0.3 is 5.32 Å². The summed E-state index contributed by atoms with van der Waals surface area (Å²) >= 11 is 1.32. The molecule has 0 fully saturated rings. The van der Waals surface area contributed by atoms with Gasteiger partial charge in [0.1, 0.15) is 10.9 Å². The lowest BCUT2D eigenvalue weighted by atomic mass is 10.4. The van der Waals surface area contributed by atoms with E-state index in [0.29, 0.717) is 10.6 Å². The lowest BCUT2D eigenvalue weighted by molar-refractivity contribution is -0.114. The standard InChI is InChI=1S/C7H6N2OS/c1-5(10)9-6-2-3-11-7(6)4-8/h2-3H,1H3,(H,9,10). The molecule has 0 atom stereocenters. The molecule has 1 amide bonds. The van der Waals surface area contributed by atoms with Crippen LogP contribution in [0.5, 0.6) is 0 Å². The van der Waals surface area contributed by atoms with Crippen LogP contribution >= 0.6 is 11.3 Å². The van der Waals surface area contributed by atoms with Gasteiger partial charge >= 0.3 is 0 Å². The highest BCUT2D eigenvalue weighted by Gasteiger charge is 2.02. The van der Waals surface area contributed by atoms with Crippen LogP contribution in [0.15, 0.2) is 11.4 Å². The zero-order valence-electron chi connectivity index (χ0n) is 5.92. The molecule has 1 heterocycles. The van der Waals surface area contributed by atoms with Crippen molar-refractivity contribution in [2.45, 2.75) is 6.92 Å². The maximum Gasteiger partial charge on any atom is 0.221 e. The van der Waals surface area contributed by atoms with Gasteiger partial charge in [-0.05, 0) is 11.4 Å². The van der Waals surface area contributed by atoms with Crippen LogP contribution in [0.2, 0.25) is 0 Å². The molecule has 1 N–H and O–H groups in total. The fraction of sp³-hybridized carbons (Fsp3) is 0.143. The maximum atomic E-state index is 10.6. The second-order valence-electron chi connectivity index (χ2n) is 1.96. The van der Waals surface area contributed by atoms with E-state index in [0.717, 1.165) is 0 Å². The van der Waals surface area contributed by atoms with Gasteiger partial charge in [0.2, 0.25) is 5.91 Å². The minimum absolute atomic E-state index is 0.153. The number of hydrogen-bond acceptors (Lipinski definition) is 3. The molecule has 4 heteroatoms. The number of anilines is 1. The molecule has 1 aromatic heterocycles. The Kier molecular flexibility index (Phi) is 2.24. The summed E-state index contributed by atoms with van der Waals surface area (Å²) in [5.74, 6) is -0.153. The lowest BCUT2D eigenvalue weighted by Crippen LogP contribution is -2.05. The first-order valence-corrected chi connectivity index (χ1v) is 3.87. The average Bonchev–Trinajstić information content (AvgIpc) is 2.34. The quantitative estimate of drug-likeness (QED) is 0.688. The lowest BCUT2D eigenvalue weighted by Gasteiger charge is -1.95. The molecule has 0 spiro atoms. The zero-order chi connectivity index (χ0) is 8.27. The number of thiophene rings is 1. The fourth-order valence-electron chi connectivity index (χ4n) is 0.684. The molecule has 0 aromatic carbocycles. The Morgan fingerprint density at radius 2 is 2.55 bits per heavy atom. The van der Waals surface area contributed by atoms with Crippen molar-refractivity contribution in [1.82, 2.24) is 0 Å². The summed E-state index contributed by atoms with van der Waals surface area (Å²) in [4.78, 5) is 11.1. The molecule has 0 unspecified atom stereocenters. The molecule has 56 valence electrons. The Balaban J connectivity index is 2.87. The first-order chi connectivity index (χ1) is 5.24. The van der Waals surface area contributed by atoms with Crippen molar-refractivity contribution in [2.24, 2.45) is 0 Å². The Labute approximate surface area is 68.3 Å². The molecule has 11 heavy (non-hydrogen) atoms. The van der Waals surface area contributed by atoms with E-state index < -0.39 is 0 Å². The number of amides is 1. The summed E-state index contributed by atoms with van der Waals surface area (Å²) < 4.78 is 0. The molecule has 0 saturated heterocycles. The van der Waals surface area contributed by atoms with E-state index in [2.05, 4.69) is 5.32 Å². The highest BCUT2D eigenvalue weighted by Crippen LogP contribution is 2.20. The molecule has 0 bridgehead atoms. The summed E-state index contributed by atoms with van der Waals surface area (Å²) in [5, 5.41) is 12.9. The smallest absolute Gasteiger partial charge is 0.221 e. The van der Waals surface area contributed by atoms with Crippen LogP contribution in [0.1, 0.15) is 11.8 Å². The van der Waals surface area contributed by atoms with Crippen LogP contribution in [0.25, 0.3) is 0 Å². The van der Waals surface area contributed by atoms with Gasteiger partial charge in [-0.2, -0.15) is 5.26 Å². The van der Waals surface area contributed by atoms with E-state index in [9.17, 15) is 4.79 Å². The third kappa shape index (κ3) is 1.79. The van der Waals surface area contributed by atoms with E-state index >= 15 is 0 Å². The number of carbonyl (C=O) groups is 1. The monoisotopic (exact) mass is 166 g/mol. The molecular weight excluding hydrogens is 160 g/mol. The Morgan fingerprint density at radius 3 is 3.09 bits per heavy atom. The molecule has 0 aliphatic heterocycles. The van der Waals surface area contributed by atoms with E-state index in [4.69, 9.17) is 5.26 Å². The minimum Gasteiger partial charge on any atom is -0.324 e. The molecular formula is C7H6N2OS. The van der Waals surface area contributed by atoms with Crippen molar-refractivity contribution in [3.05, 3.63) is 16.3 Å². The van der Waals surface area contributed by atoms with Gasteiger partial charge in [0.05, 0.1) is 5.69 Å². The van der Waals surface area contributed by atoms with Gasteiger partial charge in [0.25, 0.3) is 0 Å². The van der Waals surface area contributed by atoms with Crippen LogP contribution in [0.4, 0.5) is 5.69 Å². The maximum absolute atomic E-state index is 10.6. The Morgan fingerprint density at radius 1 is 1.82 bits per heavy atom. The zero-order valence-corrected chi connectivity index (χ0v) is 6.73. The third-order valence-corrected chi connectivity index (χ3v) is 1.90. The van der Waals surface area contributed by atoms with Gasteiger partial charge in [-0.15, -0.1) is 11.3 Å². The molecule has 1 aromatic rings. The van der Waals surface area contributed by atoms with Gasteiger partial charge in [-0.25, -0.2) is 0 Å². The molecule has 3 nitrogen and oxygen atoms in total. The van der Waals surface area contributed by atoms with Crippen molar-refractivity contribution in [3.8, 4) is 6.07 Å². The largest absolute Gasteiger partial charge is 0.324 e. The van der Waals surface area contributed by atoms with Crippen LogP contribution in [-0.4, -0.2) is 5.91 Å². The van der Waals surface area contributed by atoms with Gasteiger partial charge in [-0.3, -0.25) is 4.79 Å². The van der Waals surface area contributed by atoms with Crippen molar-refractivity contribution in [2.75, 3.05) is 5.32 Å². The molecule has 0 aliphatic rings. The summed E-state index contributed by atoms with van der Waals surface area (Å²) in [7, 11) is 0. The number of nitrogens with one attached hydrogen (secondary N) is 1. The van der Waals surface area contributed by atoms with Gasteiger partial charge in [0.15, 0.2) is 0 Å². The number of hydrogen-bond donors (Lipinski definition) is 1. The van der Waals surface area contributed by atoms with Crippen molar-refractivity contribution >= 4 is 22.9 Å². The number of rotatable bonds is 1. The van der Waals surface area contributed by atoms with E-state index in [1.807, 2.05) is 6.07 Å². The predicted octanol–water partition coefficient (Wildman–Crippen LogP) is 1.58. The summed E-state index contributed by atoms with van der Waals surface area (Å²) in [6.45, 7) is 1.42. The van der Waals surface area contributed by atoms with E-state index in [1.54, 1.807) is 11.4 Å². The summed E-state index contributed by atoms with van der Waals surface area (Å²) in [5.41, 5.74) is 0.602. The second-order valence-corrected chi connectivity index (χ2v) is 2.87. The minimum atomic E-state index is -0.153. The molecule has 1 rings (SSSR count). The summed E-state index contributed by atoms with van der Waals surface area (Å²) in [6.07, 6.45) is 0. The highest BCUT2D eigenvalue weighted by atomic mass is 32.1. The van der Waals surface area contributed by atoms with Crippen LogP contribution < -0.4 is 5.32 Å². The normalized spacial score (nSPS) is 8.73. The van der Waals surface area contributed by atoms with E-state index in [1.165, 1.54) is 18.3 Å². The highest BCUT2D eigenvalue weighted by molar-refractivity contribution is 7.11. The number of nitriles is 1. The first kappa shape index (κ1) is 7.76. The summed E-state index contributed by atoms with van der Waals surface area (Å²) in [6, 6.07) is 3.70. The fourth-order valence-corrected chi connectivity index (χ4v) is 1.32. The van der Waals surface area contributed by atoms with E-state index in [-0.39, 0.29) is 5.91 Å². The van der Waals surface area contributed by atoms with Crippen LogP contribution in [-0.2, 0) is 4.79 Å². The SMILES string of the molecule is CC(=O)Nc1ccsc1C#N. The van der Waals surface area contributed by atoms with Gasteiger partial charge in [0, 0.05) is 6.92 Å². The topological polar surface area (TPSA) is 52.9 Å². The van der Waals surface area contributed by atoms with Crippen molar-refractivity contribution in [3.63, 3.8) is 0 Å². The second kappa shape index (κ2) is 3.17. The molecule has 0 radical (unpaired) electrons. The molecule has 0 saturated carbocycles. The third-order valence-electron chi connectivity index (χ3n) is 1.08. The van der Waals surface area contributed by atoms with Gasteiger partial charge in [-0.1, -0.05) is 0 Å². The number of carbonyl (C=O) groups excluding carboxylic acids is 1. The van der Waals surface area contributed by atoms with Crippen LogP contribution in [0.3, 0.4) is 0 Å². The molecule has 0 aliphatic carbocycles. The number of nitrogens with zero attached hydrogens (tertiary/aromatic N) is 1. The Bertz CT molecular complexity index is 310. The predicted molar refractivity (Wildman–Crippen MR) is 43.3 cm³/mol.